The van der Waals surface area contributed by atoms with Gasteiger partial charge in [-0.1, -0.05) is 32.9 Å². The van der Waals surface area contributed by atoms with Gasteiger partial charge in [0.1, 0.15) is 6.10 Å². The molecule has 0 aromatic rings. The Morgan fingerprint density at radius 3 is 2.63 bits per heavy atom. The molecule has 4 atom stereocenters. The van der Waals surface area contributed by atoms with Crippen molar-refractivity contribution in [1.29, 1.82) is 0 Å². The lowest BCUT2D eigenvalue weighted by molar-refractivity contribution is -0.157. The van der Waals surface area contributed by atoms with E-state index < -0.39 is 0 Å². The Balaban J connectivity index is 1.62. The van der Waals surface area contributed by atoms with Crippen LogP contribution in [-0.4, -0.2) is 12.1 Å². The number of carbonyl (C=O) groups excluding carboxylic acids is 1. The molecule has 0 heterocycles. The fourth-order valence-corrected chi connectivity index (χ4v) is 4.59. The molecule has 0 N–H and O–H groups in total. The second-order valence-electron chi connectivity index (χ2n) is 7.56. The SMILES string of the molecule is CC1(C)C2CCC1(C)C(OC(=O)CC1C=CCC1)C2. The van der Waals surface area contributed by atoms with Crippen LogP contribution in [0.4, 0.5) is 0 Å². The summed E-state index contributed by atoms with van der Waals surface area (Å²) in [6.45, 7) is 7.05. The Hall–Kier alpha value is -0.790. The largest absolute Gasteiger partial charge is 0.462 e. The van der Waals surface area contributed by atoms with E-state index in [4.69, 9.17) is 4.74 Å². The van der Waals surface area contributed by atoms with E-state index in [0.717, 1.165) is 25.2 Å². The van der Waals surface area contributed by atoms with Gasteiger partial charge in [0.15, 0.2) is 0 Å². The highest BCUT2D eigenvalue weighted by Crippen LogP contribution is 2.66. The van der Waals surface area contributed by atoms with Crippen molar-refractivity contribution in [3.05, 3.63) is 12.2 Å². The summed E-state index contributed by atoms with van der Waals surface area (Å²) in [5.41, 5.74) is 0.518. The lowest BCUT2D eigenvalue weighted by Gasteiger charge is -2.38. The van der Waals surface area contributed by atoms with Crippen molar-refractivity contribution < 1.29 is 9.53 Å². The summed E-state index contributed by atoms with van der Waals surface area (Å²) in [4.78, 5) is 12.1. The van der Waals surface area contributed by atoms with Crippen LogP contribution in [0.25, 0.3) is 0 Å². The molecular formula is C17H26O2. The molecule has 4 unspecified atom stereocenters. The number of fused-ring (bicyclic) bond motifs is 2. The molecule has 2 nitrogen and oxygen atoms in total. The Morgan fingerprint density at radius 1 is 1.32 bits per heavy atom. The van der Waals surface area contributed by atoms with Gasteiger partial charge < -0.3 is 4.74 Å². The van der Waals surface area contributed by atoms with Crippen molar-refractivity contribution in [2.45, 2.75) is 65.4 Å². The minimum Gasteiger partial charge on any atom is -0.462 e. The molecule has 2 fully saturated rings. The number of hydrogen-bond donors (Lipinski definition) is 0. The predicted octanol–water partition coefficient (Wildman–Crippen LogP) is 4.10. The number of esters is 1. The molecule has 3 aliphatic rings. The fourth-order valence-electron chi connectivity index (χ4n) is 4.59. The van der Waals surface area contributed by atoms with E-state index in [-0.39, 0.29) is 17.5 Å². The van der Waals surface area contributed by atoms with Gasteiger partial charge in [-0.3, -0.25) is 4.79 Å². The Labute approximate surface area is 116 Å². The van der Waals surface area contributed by atoms with Crippen LogP contribution in [0.1, 0.15) is 59.3 Å². The number of rotatable bonds is 3. The quantitative estimate of drug-likeness (QED) is 0.565. The van der Waals surface area contributed by atoms with Gasteiger partial charge in [0.05, 0.1) is 6.42 Å². The van der Waals surface area contributed by atoms with E-state index in [0.29, 0.717) is 17.8 Å². The second-order valence-corrected chi connectivity index (χ2v) is 7.56. The normalized spacial score (nSPS) is 42.8. The van der Waals surface area contributed by atoms with Gasteiger partial charge in [-0.2, -0.15) is 0 Å². The summed E-state index contributed by atoms with van der Waals surface area (Å²) >= 11 is 0. The summed E-state index contributed by atoms with van der Waals surface area (Å²) in [5, 5.41) is 0. The molecule has 0 aromatic heterocycles. The molecule has 0 amide bonds. The van der Waals surface area contributed by atoms with Gasteiger partial charge in [0.2, 0.25) is 0 Å². The molecule has 0 aromatic carbocycles. The van der Waals surface area contributed by atoms with Crippen molar-refractivity contribution in [1.82, 2.24) is 0 Å². The number of allylic oxidation sites excluding steroid dienone is 2. The minimum atomic E-state index is 0.0196. The summed E-state index contributed by atoms with van der Waals surface area (Å²) < 4.78 is 5.87. The van der Waals surface area contributed by atoms with Gasteiger partial charge in [0, 0.05) is 5.41 Å². The molecule has 0 radical (unpaired) electrons. The molecule has 3 rings (SSSR count). The Bertz CT molecular complexity index is 409. The zero-order valence-electron chi connectivity index (χ0n) is 12.4. The molecule has 106 valence electrons. The molecule has 0 spiro atoms. The second kappa shape index (κ2) is 4.36. The molecule has 2 saturated carbocycles. The number of carbonyl (C=O) groups is 1. The van der Waals surface area contributed by atoms with Crippen molar-refractivity contribution in [2.24, 2.45) is 22.7 Å². The average Bonchev–Trinajstić information content (AvgIpc) is 2.95. The third kappa shape index (κ3) is 1.95. The smallest absolute Gasteiger partial charge is 0.306 e. The maximum Gasteiger partial charge on any atom is 0.306 e. The maximum atomic E-state index is 12.1. The van der Waals surface area contributed by atoms with E-state index >= 15 is 0 Å². The van der Waals surface area contributed by atoms with Gasteiger partial charge >= 0.3 is 5.97 Å². The van der Waals surface area contributed by atoms with Crippen LogP contribution in [0.15, 0.2) is 12.2 Å². The lowest BCUT2D eigenvalue weighted by Crippen LogP contribution is -2.38. The van der Waals surface area contributed by atoms with Crippen LogP contribution in [-0.2, 0) is 9.53 Å². The van der Waals surface area contributed by atoms with Crippen LogP contribution in [0, 0.1) is 22.7 Å². The first-order valence-electron chi connectivity index (χ1n) is 7.79. The Morgan fingerprint density at radius 2 is 2.11 bits per heavy atom. The van der Waals surface area contributed by atoms with E-state index in [1.54, 1.807) is 0 Å². The van der Waals surface area contributed by atoms with Crippen molar-refractivity contribution in [3.63, 3.8) is 0 Å². The molecule has 0 aliphatic heterocycles. The number of hydrogen-bond acceptors (Lipinski definition) is 2. The summed E-state index contributed by atoms with van der Waals surface area (Å²) in [6.07, 6.45) is 10.9. The van der Waals surface area contributed by atoms with Gasteiger partial charge in [-0.25, -0.2) is 0 Å². The summed E-state index contributed by atoms with van der Waals surface area (Å²) in [6, 6.07) is 0. The van der Waals surface area contributed by atoms with E-state index in [9.17, 15) is 4.79 Å². The van der Waals surface area contributed by atoms with E-state index in [1.165, 1.54) is 12.8 Å². The first kappa shape index (κ1) is 13.2. The van der Waals surface area contributed by atoms with Gasteiger partial charge in [-0.05, 0) is 49.4 Å². The van der Waals surface area contributed by atoms with E-state index in [2.05, 4.69) is 32.9 Å². The van der Waals surface area contributed by atoms with Crippen molar-refractivity contribution in [3.8, 4) is 0 Å². The highest BCUT2D eigenvalue weighted by molar-refractivity contribution is 5.70. The van der Waals surface area contributed by atoms with Gasteiger partial charge in [0.25, 0.3) is 0 Å². The number of ether oxygens (including phenoxy) is 1. The fraction of sp³-hybridized carbons (Fsp3) is 0.824. The van der Waals surface area contributed by atoms with E-state index in [1.807, 2.05) is 0 Å². The lowest BCUT2D eigenvalue weighted by atomic mass is 9.70. The van der Waals surface area contributed by atoms with Crippen molar-refractivity contribution in [2.75, 3.05) is 0 Å². The zero-order valence-corrected chi connectivity index (χ0v) is 12.4. The summed E-state index contributed by atoms with van der Waals surface area (Å²) in [5.74, 6) is 1.18. The van der Waals surface area contributed by atoms with Crippen LogP contribution in [0.3, 0.4) is 0 Å². The highest BCUT2D eigenvalue weighted by Gasteiger charge is 2.62. The first-order valence-corrected chi connectivity index (χ1v) is 7.79. The summed E-state index contributed by atoms with van der Waals surface area (Å²) in [7, 11) is 0. The highest BCUT2D eigenvalue weighted by atomic mass is 16.5. The molecule has 2 heteroatoms. The monoisotopic (exact) mass is 262 g/mol. The third-order valence-corrected chi connectivity index (χ3v) is 6.53. The first-order chi connectivity index (χ1) is 8.93. The molecular weight excluding hydrogens is 236 g/mol. The van der Waals surface area contributed by atoms with Crippen LogP contribution < -0.4 is 0 Å². The zero-order chi connectivity index (χ0) is 13.7. The average molecular weight is 262 g/mol. The van der Waals surface area contributed by atoms with Crippen molar-refractivity contribution >= 4 is 5.97 Å². The molecule has 19 heavy (non-hydrogen) atoms. The Kier molecular flexibility index (Phi) is 3.03. The van der Waals surface area contributed by atoms with Crippen LogP contribution in [0.5, 0.6) is 0 Å². The van der Waals surface area contributed by atoms with Crippen LogP contribution in [0.2, 0.25) is 0 Å². The molecule has 2 bridgehead atoms. The third-order valence-electron chi connectivity index (χ3n) is 6.53. The minimum absolute atomic E-state index is 0.0196. The predicted molar refractivity (Wildman–Crippen MR) is 75.6 cm³/mol. The molecule has 3 aliphatic carbocycles. The van der Waals surface area contributed by atoms with Crippen LogP contribution >= 0.6 is 0 Å². The topological polar surface area (TPSA) is 26.3 Å². The molecule has 0 saturated heterocycles. The van der Waals surface area contributed by atoms with Gasteiger partial charge in [-0.15, -0.1) is 0 Å². The maximum absolute atomic E-state index is 12.1. The standard InChI is InChI=1S/C17H26O2/c1-16(2)13-8-9-17(16,3)14(11-13)19-15(18)10-12-6-4-5-7-12/h4,6,12-14H,5,7-11H2,1-3H3.